The van der Waals surface area contributed by atoms with Crippen molar-refractivity contribution in [3.8, 4) is 17.1 Å². The summed E-state index contributed by atoms with van der Waals surface area (Å²) in [6.45, 7) is -2.43. The number of pyridine rings is 2. The van der Waals surface area contributed by atoms with E-state index in [-0.39, 0.29) is 5.75 Å². The topological polar surface area (TPSA) is 72.8 Å². The Labute approximate surface area is 154 Å². The molecule has 0 radical (unpaired) electrons. The highest BCUT2D eigenvalue weighted by Gasteiger charge is 2.20. The van der Waals surface area contributed by atoms with Crippen molar-refractivity contribution in [2.24, 2.45) is 0 Å². The molecule has 4 rings (SSSR count). The van der Waals surface area contributed by atoms with Gasteiger partial charge in [-0.15, -0.1) is 0 Å². The largest absolute Gasteiger partial charge is 0.433 e. The molecular formula is C19H17F2N5O. The van der Waals surface area contributed by atoms with Crippen molar-refractivity contribution >= 4 is 5.82 Å². The van der Waals surface area contributed by atoms with Crippen LogP contribution in [0.25, 0.3) is 11.4 Å². The van der Waals surface area contributed by atoms with Gasteiger partial charge in [-0.25, -0.2) is 9.97 Å². The number of hydrogen-bond acceptors (Lipinski definition) is 6. The summed E-state index contributed by atoms with van der Waals surface area (Å²) < 4.78 is 28.7. The number of nitrogens with zero attached hydrogens (tertiary/aromatic N) is 4. The van der Waals surface area contributed by atoms with Crippen LogP contribution in [0.2, 0.25) is 0 Å². The second-order valence-electron chi connectivity index (χ2n) is 6.13. The summed E-state index contributed by atoms with van der Waals surface area (Å²) in [6.07, 6.45) is 7.63. The van der Waals surface area contributed by atoms with Crippen LogP contribution in [0, 0.1) is 0 Å². The minimum absolute atomic E-state index is 0.0386. The molecule has 1 aliphatic carbocycles. The number of anilines is 1. The highest BCUT2D eigenvalue weighted by molar-refractivity contribution is 5.60. The van der Waals surface area contributed by atoms with Gasteiger partial charge in [0, 0.05) is 29.2 Å². The summed E-state index contributed by atoms with van der Waals surface area (Å²) in [5, 5.41) is 3.31. The van der Waals surface area contributed by atoms with Crippen LogP contribution in [0.5, 0.6) is 5.75 Å². The van der Waals surface area contributed by atoms with Crippen molar-refractivity contribution in [3.63, 3.8) is 0 Å². The van der Waals surface area contributed by atoms with Crippen molar-refractivity contribution in [1.82, 2.24) is 19.9 Å². The van der Waals surface area contributed by atoms with Crippen LogP contribution < -0.4 is 10.1 Å². The minimum Gasteiger partial charge on any atom is -0.433 e. The van der Waals surface area contributed by atoms with E-state index in [1.807, 2.05) is 12.1 Å². The first-order chi connectivity index (χ1) is 13.2. The molecule has 0 unspecified atom stereocenters. The first-order valence-corrected chi connectivity index (χ1v) is 8.63. The molecule has 27 heavy (non-hydrogen) atoms. The highest BCUT2D eigenvalue weighted by Crippen LogP contribution is 2.29. The van der Waals surface area contributed by atoms with Crippen LogP contribution in [0.3, 0.4) is 0 Å². The van der Waals surface area contributed by atoms with Gasteiger partial charge >= 0.3 is 6.61 Å². The maximum atomic E-state index is 12.2. The third kappa shape index (κ3) is 3.99. The van der Waals surface area contributed by atoms with Crippen LogP contribution in [0.1, 0.15) is 23.4 Å². The number of halogens is 2. The number of aryl methyl sites for hydroxylation is 1. The highest BCUT2D eigenvalue weighted by atomic mass is 19.3. The van der Waals surface area contributed by atoms with E-state index in [1.165, 1.54) is 12.3 Å². The van der Waals surface area contributed by atoms with Crippen molar-refractivity contribution in [2.45, 2.75) is 32.4 Å². The molecule has 0 aliphatic heterocycles. The van der Waals surface area contributed by atoms with Crippen LogP contribution in [-0.2, 0) is 19.4 Å². The molecule has 0 saturated heterocycles. The predicted octanol–water partition coefficient (Wildman–Crippen LogP) is 3.64. The Hall–Kier alpha value is -3.16. The molecule has 6 nitrogen and oxygen atoms in total. The summed E-state index contributed by atoms with van der Waals surface area (Å²) in [5.41, 5.74) is 3.81. The van der Waals surface area contributed by atoms with Gasteiger partial charge in [-0.05, 0) is 43.5 Å². The molecular weight excluding hydrogens is 352 g/mol. The van der Waals surface area contributed by atoms with Gasteiger partial charge in [-0.1, -0.05) is 0 Å². The smallest absolute Gasteiger partial charge is 0.387 e. The predicted molar refractivity (Wildman–Crippen MR) is 95.5 cm³/mol. The summed E-state index contributed by atoms with van der Waals surface area (Å²) in [6, 6.07) is 6.88. The molecule has 8 heteroatoms. The third-order valence-electron chi connectivity index (χ3n) is 4.33. The number of aromatic nitrogens is 4. The molecule has 0 bridgehead atoms. The van der Waals surface area contributed by atoms with Gasteiger partial charge in [0.05, 0.1) is 18.4 Å². The average molecular weight is 369 g/mol. The Bertz CT molecular complexity index is 919. The van der Waals surface area contributed by atoms with Crippen LogP contribution in [-0.4, -0.2) is 26.5 Å². The first kappa shape index (κ1) is 17.3. The van der Waals surface area contributed by atoms with Gasteiger partial charge in [0.25, 0.3) is 0 Å². The molecule has 3 aromatic heterocycles. The molecule has 1 N–H and O–H groups in total. The zero-order valence-electron chi connectivity index (χ0n) is 14.4. The number of alkyl halides is 2. The van der Waals surface area contributed by atoms with E-state index in [9.17, 15) is 8.78 Å². The van der Waals surface area contributed by atoms with Gasteiger partial charge in [-0.3, -0.25) is 9.97 Å². The summed E-state index contributed by atoms with van der Waals surface area (Å²) in [4.78, 5) is 17.6. The normalized spacial score (nSPS) is 12.9. The maximum absolute atomic E-state index is 12.2. The van der Waals surface area contributed by atoms with Gasteiger partial charge in [0.1, 0.15) is 11.6 Å². The van der Waals surface area contributed by atoms with E-state index in [0.717, 1.165) is 41.9 Å². The van der Waals surface area contributed by atoms with E-state index >= 15 is 0 Å². The molecule has 0 fully saturated rings. The quantitative estimate of drug-likeness (QED) is 0.715. The summed E-state index contributed by atoms with van der Waals surface area (Å²) in [7, 11) is 0. The van der Waals surface area contributed by atoms with E-state index in [2.05, 4.69) is 25.0 Å². The Morgan fingerprint density at radius 2 is 1.93 bits per heavy atom. The van der Waals surface area contributed by atoms with Crippen LogP contribution >= 0.6 is 0 Å². The molecule has 0 spiro atoms. The SMILES string of the molecule is FC(F)Oc1ccc(CNc2nc(-c3ccncc3)nc3c2CCC3)nc1. The number of hydrogen-bond donors (Lipinski definition) is 1. The Morgan fingerprint density at radius 1 is 1.07 bits per heavy atom. The maximum Gasteiger partial charge on any atom is 0.387 e. The molecule has 3 heterocycles. The molecule has 0 atom stereocenters. The average Bonchev–Trinajstić information content (AvgIpc) is 3.16. The number of rotatable bonds is 6. The molecule has 0 amide bonds. The van der Waals surface area contributed by atoms with E-state index < -0.39 is 6.61 Å². The molecule has 3 aromatic rings. The first-order valence-electron chi connectivity index (χ1n) is 8.63. The van der Waals surface area contributed by atoms with Gasteiger partial charge in [0.15, 0.2) is 5.82 Å². The lowest BCUT2D eigenvalue weighted by molar-refractivity contribution is -0.0500. The fourth-order valence-corrected chi connectivity index (χ4v) is 3.07. The van der Waals surface area contributed by atoms with Gasteiger partial charge < -0.3 is 10.1 Å². The minimum atomic E-state index is -2.86. The van der Waals surface area contributed by atoms with E-state index in [4.69, 9.17) is 4.98 Å². The second-order valence-corrected chi connectivity index (χ2v) is 6.13. The number of nitrogens with one attached hydrogen (secondary N) is 1. The van der Waals surface area contributed by atoms with Gasteiger partial charge in [-0.2, -0.15) is 8.78 Å². The molecule has 0 saturated carbocycles. The van der Waals surface area contributed by atoms with E-state index in [0.29, 0.717) is 18.1 Å². The zero-order valence-corrected chi connectivity index (χ0v) is 14.4. The molecule has 1 aliphatic rings. The molecule has 0 aromatic carbocycles. The third-order valence-corrected chi connectivity index (χ3v) is 4.33. The monoisotopic (exact) mass is 369 g/mol. The second kappa shape index (κ2) is 7.61. The van der Waals surface area contributed by atoms with E-state index in [1.54, 1.807) is 18.5 Å². The lowest BCUT2D eigenvalue weighted by Crippen LogP contribution is -2.09. The lowest BCUT2D eigenvalue weighted by Gasteiger charge is -2.12. The van der Waals surface area contributed by atoms with Gasteiger partial charge in [0.2, 0.25) is 0 Å². The number of fused-ring (bicyclic) bond motifs is 1. The van der Waals surface area contributed by atoms with Crippen molar-refractivity contribution in [1.29, 1.82) is 0 Å². The lowest BCUT2D eigenvalue weighted by atomic mass is 10.2. The Morgan fingerprint density at radius 3 is 2.67 bits per heavy atom. The Balaban J connectivity index is 1.54. The van der Waals surface area contributed by atoms with Crippen molar-refractivity contribution in [3.05, 3.63) is 59.8 Å². The standard InChI is InChI=1S/C19H17F2N5O/c20-19(21)27-14-5-4-13(23-11-14)10-24-18-15-2-1-3-16(15)25-17(26-18)12-6-8-22-9-7-12/h4-9,11,19H,1-3,10H2,(H,24,25,26). The van der Waals surface area contributed by atoms with Crippen molar-refractivity contribution in [2.75, 3.05) is 5.32 Å². The van der Waals surface area contributed by atoms with Crippen LogP contribution in [0.15, 0.2) is 42.9 Å². The fourth-order valence-electron chi connectivity index (χ4n) is 3.07. The van der Waals surface area contributed by atoms with Crippen LogP contribution in [0.4, 0.5) is 14.6 Å². The molecule has 138 valence electrons. The Kier molecular flexibility index (Phi) is 4.86. The summed E-state index contributed by atoms with van der Waals surface area (Å²) in [5.74, 6) is 1.49. The fraction of sp³-hybridized carbons (Fsp3) is 0.263. The van der Waals surface area contributed by atoms with Crippen molar-refractivity contribution < 1.29 is 13.5 Å². The summed E-state index contributed by atoms with van der Waals surface area (Å²) >= 11 is 0. The number of ether oxygens (including phenoxy) is 1. The zero-order chi connectivity index (χ0) is 18.6.